The standard InChI is InChI=1S/C12H22N2O3.ClH/c1-12(2)4-3-6-14(7-5-12)9-10(15)13-8-11(16)17;/h3-9H2,1-2H3,(H,13,15)(H,16,17);1H. The maximum Gasteiger partial charge on any atom is 0.322 e. The second kappa shape index (κ2) is 7.59. The van der Waals surface area contributed by atoms with Crippen molar-refractivity contribution in [2.45, 2.75) is 33.1 Å². The average molecular weight is 279 g/mol. The predicted molar refractivity (Wildman–Crippen MR) is 72.0 cm³/mol. The van der Waals surface area contributed by atoms with E-state index in [1.54, 1.807) is 0 Å². The Morgan fingerprint density at radius 2 is 1.94 bits per heavy atom. The first-order valence-electron chi connectivity index (χ1n) is 6.10. The van der Waals surface area contributed by atoms with E-state index in [0.717, 1.165) is 25.9 Å². The predicted octanol–water partition coefficient (Wildman–Crippen LogP) is 1.12. The number of carboxylic acids is 1. The van der Waals surface area contributed by atoms with Crippen molar-refractivity contribution in [3.05, 3.63) is 0 Å². The lowest BCUT2D eigenvalue weighted by atomic mass is 9.85. The molecule has 1 amide bonds. The molecule has 1 saturated heterocycles. The molecule has 1 heterocycles. The van der Waals surface area contributed by atoms with E-state index in [1.807, 2.05) is 0 Å². The molecule has 0 aromatic heterocycles. The molecular formula is C12H23ClN2O3. The van der Waals surface area contributed by atoms with Gasteiger partial charge in [-0.3, -0.25) is 14.5 Å². The summed E-state index contributed by atoms with van der Waals surface area (Å²) in [6, 6.07) is 0. The molecule has 5 nitrogen and oxygen atoms in total. The monoisotopic (exact) mass is 278 g/mol. The molecule has 0 aromatic carbocycles. The van der Waals surface area contributed by atoms with Gasteiger partial charge in [0, 0.05) is 0 Å². The summed E-state index contributed by atoms with van der Waals surface area (Å²) in [6.07, 6.45) is 3.36. The molecule has 6 heteroatoms. The van der Waals surface area contributed by atoms with Gasteiger partial charge >= 0.3 is 5.97 Å². The number of rotatable bonds is 4. The second-order valence-electron chi connectivity index (χ2n) is 5.46. The molecule has 0 unspecified atom stereocenters. The van der Waals surface area contributed by atoms with Gasteiger partial charge < -0.3 is 10.4 Å². The van der Waals surface area contributed by atoms with Gasteiger partial charge in [-0.2, -0.15) is 0 Å². The van der Waals surface area contributed by atoms with Crippen molar-refractivity contribution in [2.75, 3.05) is 26.2 Å². The van der Waals surface area contributed by atoms with Gasteiger partial charge in [-0.15, -0.1) is 12.4 Å². The van der Waals surface area contributed by atoms with Crippen molar-refractivity contribution in [3.63, 3.8) is 0 Å². The normalized spacial score (nSPS) is 19.4. The van der Waals surface area contributed by atoms with Crippen LogP contribution in [0.4, 0.5) is 0 Å². The fourth-order valence-corrected chi connectivity index (χ4v) is 2.07. The summed E-state index contributed by atoms with van der Waals surface area (Å²) in [5, 5.41) is 10.8. The maximum atomic E-state index is 11.5. The number of nitrogens with one attached hydrogen (secondary N) is 1. The van der Waals surface area contributed by atoms with E-state index in [4.69, 9.17) is 5.11 Å². The lowest BCUT2D eigenvalue weighted by Gasteiger charge is -2.22. The Morgan fingerprint density at radius 1 is 1.28 bits per heavy atom. The lowest BCUT2D eigenvalue weighted by Crippen LogP contribution is -2.39. The minimum absolute atomic E-state index is 0. The summed E-state index contributed by atoms with van der Waals surface area (Å²) in [6.45, 7) is 6.35. The Hall–Kier alpha value is -0.810. The van der Waals surface area contributed by atoms with Crippen LogP contribution in [0.1, 0.15) is 33.1 Å². The SMILES string of the molecule is CC1(C)CCCN(CC(=O)NCC(=O)O)CC1.Cl. The summed E-state index contributed by atoms with van der Waals surface area (Å²) >= 11 is 0. The Labute approximate surface area is 114 Å². The summed E-state index contributed by atoms with van der Waals surface area (Å²) in [5.74, 6) is -1.21. The van der Waals surface area contributed by atoms with Gasteiger partial charge in [-0.25, -0.2) is 0 Å². The van der Waals surface area contributed by atoms with Crippen LogP contribution in [-0.2, 0) is 9.59 Å². The van der Waals surface area contributed by atoms with Crippen LogP contribution in [0.2, 0.25) is 0 Å². The minimum atomic E-state index is -1.00. The molecule has 0 saturated carbocycles. The summed E-state index contributed by atoms with van der Waals surface area (Å²) in [5.41, 5.74) is 0.353. The van der Waals surface area contributed by atoms with Crippen molar-refractivity contribution in [1.29, 1.82) is 0 Å². The molecule has 2 N–H and O–H groups in total. The number of carboxylic acid groups (broad SMARTS) is 1. The second-order valence-corrected chi connectivity index (χ2v) is 5.46. The smallest absolute Gasteiger partial charge is 0.322 e. The zero-order valence-corrected chi connectivity index (χ0v) is 11.9. The van der Waals surface area contributed by atoms with Crippen LogP contribution < -0.4 is 5.32 Å². The van der Waals surface area contributed by atoms with Crippen LogP contribution in [0.25, 0.3) is 0 Å². The number of hydrogen-bond donors (Lipinski definition) is 2. The van der Waals surface area contributed by atoms with Crippen molar-refractivity contribution >= 4 is 24.3 Å². The molecule has 106 valence electrons. The number of carbonyl (C=O) groups excluding carboxylic acids is 1. The Morgan fingerprint density at radius 3 is 2.56 bits per heavy atom. The van der Waals surface area contributed by atoms with Crippen LogP contribution in [0.3, 0.4) is 0 Å². The molecule has 0 bridgehead atoms. The molecule has 0 aliphatic carbocycles. The van der Waals surface area contributed by atoms with E-state index in [-0.39, 0.29) is 24.9 Å². The van der Waals surface area contributed by atoms with Crippen molar-refractivity contribution in [3.8, 4) is 0 Å². The van der Waals surface area contributed by atoms with Gasteiger partial charge in [-0.1, -0.05) is 13.8 Å². The van der Waals surface area contributed by atoms with Crippen molar-refractivity contribution in [1.82, 2.24) is 10.2 Å². The van der Waals surface area contributed by atoms with E-state index in [9.17, 15) is 9.59 Å². The molecule has 0 radical (unpaired) electrons. The summed E-state index contributed by atoms with van der Waals surface area (Å²) in [7, 11) is 0. The molecule has 1 rings (SSSR count). The van der Waals surface area contributed by atoms with Crippen LogP contribution >= 0.6 is 12.4 Å². The number of carbonyl (C=O) groups is 2. The Balaban J connectivity index is 0.00000289. The van der Waals surface area contributed by atoms with Crippen LogP contribution in [-0.4, -0.2) is 48.1 Å². The number of amides is 1. The van der Waals surface area contributed by atoms with Gasteiger partial charge in [0.15, 0.2) is 0 Å². The van der Waals surface area contributed by atoms with Crippen LogP contribution in [0.15, 0.2) is 0 Å². The minimum Gasteiger partial charge on any atom is -0.480 e. The van der Waals surface area contributed by atoms with Crippen LogP contribution in [0, 0.1) is 5.41 Å². The maximum absolute atomic E-state index is 11.5. The number of halogens is 1. The first-order chi connectivity index (χ1) is 7.89. The lowest BCUT2D eigenvalue weighted by molar-refractivity contribution is -0.138. The van der Waals surface area contributed by atoms with E-state index >= 15 is 0 Å². The quantitative estimate of drug-likeness (QED) is 0.809. The topological polar surface area (TPSA) is 69.6 Å². The van der Waals surface area contributed by atoms with Gasteiger partial charge in [0.1, 0.15) is 6.54 Å². The molecule has 1 aliphatic heterocycles. The fourth-order valence-electron chi connectivity index (χ4n) is 2.07. The molecule has 0 aromatic rings. The highest BCUT2D eigenvalue weighted by atomic mass is 35.5. The first kappa shape index (κ1) is 17.2. The van der Waals surface area contributed by atoms with E-state index in [0.29, 0.717) is 12.0 Å². The molecule has 18 heavy (non-hydrogen) atoms. The average Bonchev–Trinajstić information content (AvgIpc) is 2.37. The number of hydrogen-bond acceptors (Lipinski definition) is 3. The van der Waals surface area contributed by atoms with E-state index in [2.05, 4.69) is 24.1 Å². The molecule has 1 fully saturated rings. The van der Waals surface area contributed by atoms with Gasteiger partial charge in [0.25, 0.3) is 0 Å². The molecular weight excluding hydrogens is 256 g/mol. The highest BCUT2D eigenvalue weighted by Gasteiger charge is 2.23. The highest BCUT2D eigenvalue weighted by molar-refractivity contribution is 5.85. The van der Waals surface area contributed by atoms with Gasteiger partial charge in [0.2, 0.25) is 5.91 Å². The van der Waals surface area contributed by atoms with Gasteiger partial charge in [-0.05, 0) is 37.8 Å². The van der Waals surface area contributed by atoms with Crippen molar-refractivity contribution < 1.29 is 14.7 Å². The van der Waals surface area contributed by atoms with Gasteiger partial charge in [0.05, 0.1) is 6.54 Å². The fraction of sp³-hybridized carbons (Fsp3) is 0.833. The molecule has 0 spiro atoms. The zero-order chi connectivity index (χ0) is 12.9. The third kappa shape index (κ3) is 6.81. The summed E-state index contributed by atoms with van der Waals surface area (Å²) < 4.78 is 0. The van der Waals surface area contributed by atoms with Crippen molar-refractivity contribution in [2.24, 2.45) is 5.41 Å². The zero-order valence-electron chi connectivity index (χ0n) is 11.1. The summed E-state index contributed by atoms with van der Waals surface area (Å²) in [4.78, 5) is 23.9. The van der Waals surface area contributed by atoms with E-state index < -0.39 is 5.97 Å². The number of likely N-dealkylation sites (tertiary alicyclic amines) is 1. The first-order valence-corrected chi connectivity index (χ1v) is 6.10. The van der Waals surface area contributed by atoms with Crippen LogP contribution in [0.5, 0.6) is 0 Å². The molecule has 0 atom stereocenters. The third-order valence-electron chi connectivity index (χ3n) is 3.24. The number of aliphatic carboxylic acids is 1. The highest BCUT2D eigenvalue weighted by Crippen LogP contribution is 2.29. The molecule has 1 aliphatic rings. The Bertz CT molecular complexity index is 295. The largest absolute Gasteiger partial charge is 0.480 e. The third-order valence-corrected chi connectivity index (χ3v) is 3.24. The van der Waals surface area contributed by atoms with E-state index in [1.165, 1.54) is 6.42 Å². The number of nitrogens with zero attached hydrogens (tertiary/aromatic N) is 1. The Kier molecular flexibility index (Phi) is 7.25.